The molecule has 0 amide bonds. The van der Waals surface area contributed by atoms with Crippen molar-refractivity contribution in [1.82, 2.24) is 4.72 Å². The van der Waals surface area contributed by atoms with Gasteiger partial charge in [0.15, 0.2) is 0 Å². The Hall–Kier alpha value is -3.11. The van der Waals surface area contributed by atoms with Crippen molar-refractivity contribution in [2.75, 3.05) is 11.0 Å². The van der Waals surface area contributed by atoms with Crippen molar-refractivity contribution in [2.45, 2.75) is 49.9 Å². The Kier molecular flexibility index (Phi) is 7.66. The quantitative estimate of drug-likeness (QED) is 0.234. The Labute approximate surface area is 221 Å². The molecule has 15 heteroatoms. The van der Waals surface area contributed by atoms with Crippen LogP contribution in [0.15, 0.2) is 56.4 Å². The van der Waals surface area contributed by atoms with Crippen LogP contribution in [0.4, 0.5) is 17.1 Å². The van der Waals surface area contributed by atoms with Gasteiger partial charge in [-0.1, -0.05) is 12.1 Å². The van der Waals surface area contributed by atoms with Gasteiger partial charge in [0.25, 0.3) is 10.1 Å². The summed E-state index contributed by atoms with van der Waals surface area (Å²) in [4.78, 5) is -0.771. The predicted octanol–water partition coefficient (Wildman–Crippen LogP) is 4.27. The number of rotatable bonds is 7. The number of aryl methyl sites for hydroxylation is 2. The Morgan fingerprint density at radius 1 is 0.895 bits per heavy atom. The summed E-state index contributed by atoms with van der Waals surface area (Å²) in [6.45, 7) is 7.79. The van der Waals surface area contributed by atoms with Gasteiger partial charge in [0.2, 0.25) is 20.0 Å². The Morgan fingerprint density at radius 2 is 1.47 bits per heavy atom. The Balaban J connectivity index is 2.34. The summed E-state index contributed by atoms with van der Waals surface area (Å²) in [5, 5.41) is 19.3. The van der Waals surface area contributed by atoms with Crippen molar-refractivity contribution < 1.29 is 34.9 Å². The summed E-state index contributed by atoms with van der Waals surface area (Å²) in [5.41, 5.74) is -0.363. The lowest BCUT2D eigenvalue weighted by Gasteiger charge is -2.21. The minimum atomic E-state index is -4.48. The van der Waals surface area contributed by atoms with Crippen molar-refractivity contribution in [3.63, 3.8) is 0 Å². The molecular formula is C23H28N4O8S3. The number of hydrogen-bond acceptors (Lipinski definition) is 9. The summed E-state index contributed by atoms with van der Waals surface area (Å²) >= 11 is 0. The van der Waals surface area contributed by atoms with Crippen LogP contribution in [0.5, 0.6) is 5.75 Å². The average molecular weight is 585 g/mol. The first-order chi connectivity index (χ1) is 17.2. The topological polar surface area (TPSA) is 192 Å². The molecule has 0 radical (unpaired) electrons. The van der Waals surface area contributed by atoms with Gasteiger partial charge in [0.1, 0.15) is 10.6 Å². The zero-order valence-electron chi connectivity index (χ0n) is 21.4. The number of benzene rings is 3. The summed E-state index contributed by atoms with van der Waals surface area (Å²) in [6, 6.07) is 8.04. The van der Waals surface area contributed by atoms with Crippen molar-refractivity contribution in [1.29, 1.82) is 0 Å². The number of nitrogens with zero attached hydrogens (tertiary/aromatic N) is 2. The Bertz CT molecular complexity index is 1770. The lowest BCUT2D eigenvalue weighted by molar-refractivity contribution is 0.457. The van der Waals surface area contributed by atoms with Crippen LogP contribution < -0.4 is 9.44 Å². The highest BCUT2D eigenvalue weighted by atomic mass is 32.2. The minimum absolute atomic E-state index is 0.00142. The normalized spacial score (nSPS) is 13.3. The van der Waals surface area contributed by atoms with E-state index in [0.29, 0.717) is 0 Å². The Morgan fingerprint density at radius 3 is 1.97 bits per heavy atom. The van der Waals surface area contributed by atoms with Gasteiger partial charge in [0.05, 0.1) is 28.2 Å². The van der Waals surface area contributed by atoms with Crippen LogP contribution >= 0.6 is 0 Å². The van der Waals surface area contributed by atoms with Crippen LogP contribution in [0, 0.1) is 13.8 Å². The molecule has 0 saturated carbocycles. The van der Waals surface area contributed by atoms with Gasteiger partial charge in [-0.05, 0) is 70.0 Å². The van der Waals surface area contributed by atoms with Crippen LogP contribution in [0.3, 0.4) is 0 Å². The van der Waals surface area contributed by atoms with E-state index in [9.17, 15) is 34.9 Å². The van der Waals surface area contributed by atoms with Crippen molar-refractivity contribution in [3.8, 4) is 5.75 Å². The smallest absolute Gasteiger partial charge is 0.295 e. The molecule has 0 aromatic heterocycles. The minimum Gasteiger partial charge on any atom is -0.506 e. The maximum Gasteiger partial charge on any atom is 0.295 e. The lowest BCUT2D eigenvalue weighted by Crippen LogP contribution is -2.40. The van der Waals surface area contributed by atoms with Gasteiger partial charge in [-0.25, -0.2) is 21.6 Å². The fraction of sp³-hybridized carbons (Fsp3) is 0.304. The molecular weight excluding hydrogens is 556 g/mol. The molecule has 0 heterocycles. The summed E-state index contributed by atoms with van der Waals surface area (Å²) in [6.07, 6.45) is 0.932. The largest absolute Gasteiger partial charge is 0.506 e. The van der Waals surface area contributed by atoms with Crippen LogP contribution in [0.2, 0.25) is 0 Å². The standard InChI is InChI=1S/C23H28N4O8S3/c1-13-10-15(11-14(2)22(13)38(33,34)35)24-25-18-12-19(37(31,32)27-23(3,4)5)21(28)16-8-7-9-17(20(16)18)26-36(6,29)30/h7-12,26-28H,1-6H3,(H,33,34,35). The molecule has 0 aliphatic carbocycles. The first-order valence-electron chi connectivity index (χ1n) is 11.0. The molecule has 0 unspecified atom stereocenters. The molecule has 0 aliphatic rings. The summed E-state index contributed by atoms with van der Waals surface area (Å²) in [7, 11) is -12.5. The predicted molar refractivity (Wildman–Crippen MR) is 144 cm³/mol. The first-order valence-corrected chi connectivity index (χ1v) is 15.8. The van der Waals surface area contributed by atoms with Gasteiger partial charge < -0.3 is 5.11 Å². The molecule has 0 spiro atoms. The van der Waals surface area contributed by atoms with E-state index in [4.69, 9.17) is 0 Å². The molecule has 0 saturated heterocycles. The molecule has 3 aromatic rings. The maximum atomic E-state index is 13.1. The van der Waals surface area contributed by atoms with Crippen LogP contribution in [-0.2, 0) is 30.2 Å². The van der Waals surface area contributed by atoms with E-state index in [1.54, 1.807) is 20.8 Å². The zero-order chi connectivity index (χ0) is 28.8. The average Bonchev–Trinajstić information content (AvgIpc) is 2.69. The molecule has 12 nitrogen and oxygen atoms in total. The number of nitrogens with one attached hydrogen (secondary N) is 2. The molecule has 3 rings (SSSR count). The van der Waals surface area contributed by atoms with Gasteiger partial charge in [-0.15, -0.1) is 5.11 Å². The van der Waals surface area contributed by atoms with Gasteiger partial charge in [-0.3, -0.25) is 9.27 Å². The molecule has 206 valence electrons. The molecule has 0 aliphatic heterocycles. The lowest BCUT2D eigenvalue weighted by atomic mass is 10.1. The second kappa shape index (κ2) is 9.89. The molecule has 38 heavy (non-hydrogen) atoms. The monoisotopic (exact) mass is 584 g/mol. The van der Waals surface area contributed by atoms with Crippen LogP contribution in [-0.4, -0.2) is 46.7 Å². The van der Waals surface area contributed by atoms with Gasteiger partial charge in [-0.2, -0.15) is 13.5 Å². The van der Waals surface area contributed by atoms with E-state index in [0.717, 1.165) is 12.3 Å². The molecule has 0 atom stereocenters. The molecule has 0 bridgehead atoms. The molecule has 4 N–H and O–H groups in total. The van der Waals surface area contributed by atoms with Crippen LogP contribution in [0.25, 0.3) is 10.8 Å². The number of aromatic hydroxyl groups is 1. The second-order valence-electron chi connectivity index (χ2n) is 9.78. The number of phenolic OH excluding ortho intramolecular Hbond substituents is 1. The number of phenols is 1. The first kappa shape index (κ1) is 29.4. The van der Waals surface area contributed by atoms with Crippen molar-refractivity contribution in [3.05, 3.63) is 47.5 Å². The number of anilines is 1. The molecule has 3 aromatic carbocycles. The highest BCUT2D eigenvalue weighted by Gasteiger charge is 2.28. The van der Waals surface area contributed by atoms with Gasteiger partial charge >= 0.3 is 0 Å². The number of fused-ring (bicyclic) bond motifs is 1. The third kappa shape index (κ3) is 6.66. The van der Waals surface area contributed by atoms with Gasteiger partial charge in [0, 0.05) is 16.3 Å². The fourth-order valence-corrected chi connectivity index (χ4v) is 7.00. The van der Waals surface area contributed by atoms with Crippen LogP contribution in [0.1, 0.15) is 31.9 Å². The molecule has 0 fully saturated rings. The summed E-state index contributed by atoms with van der Waals surface area (Å²) < 4.78 is 87.9. The third-order valence-corrected chi connectivity index (χ3v) is 8.60. The van der Waals surface area contributed by atoms with E-state index in [-0.39, 0.29) is 43.9 Å². The highest BCUT2D eigenvalue weighted by molar-refractivity contribution is 7.92. The summed E-state index contributed by atoms with van der Waals surface area (Å²) in [5.74, 6) is -0.614. The van der Waals surface area contributed by atoms with E-state index >= 15 is 0 Å². The third-order valence-electron chi connectivity index (χ3n) is 5.08. The van der Waals surface area contributed by atoms with E-state index in [1.165, 1.54) is 44.2 Å². The van der Waals surface area contributed by atoms with E-state index in [2.05, 4.69) is 19.7 Å². The zero-order valence-corrected chi connectivity index (χ0v) is 23.9. The second-order valence-corrected chi connectivity index (χ2v) is 14.5. The number of sulfonamides is 2. The SMILES string of the molecule is Cc1cc(N=Nc2cc(S(=O)(=O)NC(C)(C)C)c(O)c3cccc(NS(C)(=O)=O)c23)cc(C)c1S(=O)(=O)O. The number of hydrogen-bond donors (Lipinski definition) is 4. The van der Waals surface area contributed by atoms with Crippen molar-refractivity contribution in [2.24, 2.45) is 10.2 Å². The van der Waals surface area contributed by atoms with Crippen molar-refractivity contribution >= 4 is 58.0 Å². The van der Waals surface area contributed by atoms with E-state index in [1.807, 2.05) is 0 Å². The fourth-order valence-electron chi connectivity index (χ4n) is 3.95. The maximum absolute atomic E-state index is 13.1. The highest BCUT2D eigenvalue weighted by Crippen LogP contribution is 2.43. The number of azo groups is 1. The van der Waals surface area contributed by atoms with E-state index < -0.39 is 46.3 Å².